The number of nitrogens with one attached hydrogen (secondary N) is 1. The molecule has 0 aliphatic carbocycles. The molecule has 0 bridgehead atoms. The lowest BCUT2D eigenvalue weighted by Crippen LogP contribution is -2.30. The van der Waals surface area contributed by atoms with Gasteiger partial charge in [0.1, 0.15) is 0 Å². The van der Waals surface area contributed by atoms with Crippen molar-refractivity contribution in [2.24, 2.45) is 5.73 Å². The number of hydrogen-bond acceptors (Lipinski definition) is 3. The highest BCUT2D eigenvalue weighted by Gasteiger charge is 2.06. The SMILES string of the molecule is CCC(N)CC(=O)NCc1ccsc1. The zero-order chi connectivity index (χ0) is 10.4. The van der Waals surface area contributed by atoms with Crippen molar-refractivity contribution < 1.29 is 4.79 Å². The Balaban J connectivity index is 2.22. The maximum absolute atomic E-state index is 11.3. The zero-order valence-corrected chi connectivity index (χ0v) is 9.14. The number of carbonyl (C=O) groups is 1. The molecular formula is C10H16N2OS. The molecule has 3 N–H and O–H groups in total. The quantitative estimate of drug-likeness (QED) is 0.777. The van der Waals surface area contributed by atoms with E-state index in [2.05, 4.69) is 5.32 Å². The Morgan fingerprint density at radius 2 is 2.50 bits per heavy atom. The van der Waals surface area contributed by atoms with Crippen molar-refractivity contribution >= 4 is 17.2 Å². The summed E-state index contributed by atoms with van der Waals surface area (Å²) in [6.45, 7) is 2.59. The lowest BCUT2D eigenvalue weighted by Gasteiger charge is -2.08. The second kappa shape index (κ2) is 5.78. The van der Waals surface area contributed by atoms with Gasteiger partial charge >= 0.3 is 0 Å². The average Bonchev–Trinajstić information content (AvgIpc) is 2.67. The van der Waals surface area contributed by atoms with E-state index in [9.17, 15) is 4.79 Å². The fourth-order valence-corrected chi connectivity index (χ4v) is 1.72. The molecule has 0 spiro atoms. The Hall–Kier alpha value is -0.870. The number of amides is 1. The third-order valence-corrected chi connectivity index (χ3v) is 2.77. The molecule has 1 atom stereocenters. The van der Waals surface area contributed by atoms with Crippen molar-refractivity contribution in [3.63, 3.8) is 0 Å². The third-order valence-electron chi connectivity index (χ3n) is 2.04. The fourth-order valence-electron chi connectivity index (χ4n) is 1.05. The van der Waals surface area contributed by atoms with Gasteiger partial charge in [0.25, 0.3) is 0 Å². The highest BCUT2D eigenvalue weighted by Crippen LogP contribution is 2.05. The minimum Gasteiger partial charge on any atom is -0.352 e. The summed E-state index contributed by atoms with van der Waals surface area (Å²) < 4.78 is 0. The summed E-state index contributed by atoms with van der Waals surface area (Å²) in [6.07, 6.45) is 1.26. The third kappa shape index (κ3) is 3.89. The lowest BCUT2D eigenvalue weighted by molar-refractivity contribution is -0.121. The van der Waals surface area contributed by atoms with Crippen LogP contribution in [0.1, 0.15) is 25.3 Å². The van der Waals surface area contributed by atoms with Gasteiger partial charge in [0.15, 0.2) is 0 Å². The first-order chi connectivity index (χ1) is 6.72. The standard InChI is InChI=1S/C10H16N2OS/c1-2-9(11)5-10(13)12-6-8-3-4-14-7-8/h3-4,7,9H,2,5-6,11H2,1H3,(H,12,13). The predicted molar refractivity (Wildman–Crippen MR) is 59.0 cm³/mol. The van der Waals surface area contributed by atoms with Gasteiger partial charge in [0.2, 0.25) is 5.91 Å². The molecule has 1 amide bonds. The van der Waals surface area contributed by atoms with Crippen molar-refractivity contribution in [3.05, 3.63) is 22.4 Å². The molecule has 1 aromatic rings. The maximum Gasteiger partial charge on any atom is 0.221 e. The maximum atomic E-state index is 11.3. The molecule has 3 nitrogen and oxygen atoms in total. The second-order valence-electron chi connectivity index (χ2n) is 3.28. The number of carbonyl (C=O) groups excluding carboxylic acids is 1. The minimum atomic E-state index is -0.0162. The summed E-state index contributed by atoms with van der Waals surface area (Å²) in [6, 6.07) is 1.99. The lowest BCUT2D eigenvalue weighted by atomic mass is 10.1. The summed E-state index contributed by atoms with van der Waals surface area (Å²) in [7, 11) is 0. The van der Waals surface area contributed by atoms with Gasteiger partial charge < -0.3 is 11.1 Å². The summed E-state index contributed by atoms with van der Waals surface area (Å²) in [5, 5.41) is 6.87. The van der Waals surface area contributed by atoms with Gasteiger partial charge in [-0.05, 0) is 28.8 Å². The van der Waals surface area contributed by atoms with Crippen LogP contribution in [-0.4, -0.2) is 11.9 Å². The van der Waals surface area contributed by atoms with Crippen LogP contribution in [0.3, 0.4) is 0 Å². The van der Waals surface area contributed by atoms with E-state index in [0.29, 0.717) is 13.0 Å². The molecule has 14 heavy (non-hydrogen) atoms. The van der Waals surface area contributed by atoms with Gasteiger partial charge in [-0.15, -0.1) is 0 Å². The van der Waals surface area contributed by atoms with Crippen LogP contribution in [0.25, 0.3) is 0 Å². The number of nitrogens with two attached hydrogens (primary N) is 1. The Morgan fingerprint density at radius 3 is 3.07 bits per heavy atom. The summed E-state index contributed by atoms with van der Waals surface area (Å²) in [5.41, 5.74) is 6.81. The van der Waals surface area contributed by atoms with Crippen molar-refractivity contribution in [1.29, 1.82) is 0 Å². The fraction of sp³-hybridized carbons (Fsp3) is 0.500. The highest BCUT2D eigenvalue weighted by molar-refractivity contribution is 7.07. The molecule has 1 rings (SSSR count). The molecule has 0 saturated heterocycles. The molecule has 0 fully saturated rings. The zero-order valence-electron chi connectivity index (χ0n) is 8.32. The molecule has 0 radical (unpaired) electrons. The van der Waals surface area contributed by atoms with E-state index in [4.69, 9.17) is 5.73 Å². The monoisotopic (exact) mass is 212 g/mol. The molecule has 78 valence electrons. The van der Waals surface area contributed by atoms with E-state index < -0.39 is 0 Å². The van der Waals surface area contributed by atoms with E-state index in [0.717, 1.165) is 12.0 Å². The Kier molecular flexibility index (Phi) is 4.62. The second-order valence-corrected chi connectivity index (χ2v) is 4.06. The van der Waals surface area contributed by atoms with E-state index in [-0.39, 0.29) is 11.9 Å². The van der Waals surface area contributed by atoms with Crippen LogP contribution in [0.4, 0.5) is 0 Å². The summed E-state index contributed by atoms with van der Waals surface area (Å²) in [4.78, 5) is 11.3. The van der Waals surface area contributed by atoms with Crippen LogP contribution in [0.5, 0.6) is 0 Å². The summed E-state index contributed by atoms with van der Waals surface area (Å²) >= 11 is 1.63. The molecule has 1 heterocycles. The molecule has 0 aromatic carbocycles. The van der Waals surface area contributed by atoms with Gasteiger partial charge in [-0.3, -0.25) is 4.79 Å². The van der Waals surface area contributed by atoms with Crippen molar-refractivity contribution in [2.75, 3.05) is 0 Å². The van der Waals surface area contributed by atoms with E-state index >= 15 is 0 Å². The molecule has 0 aliphatic rings. The molecule has 1 aromatic heterocycles. The Morgan fingerprint density at radius 1 is 1.71 bits per heavy atom. The molecule has 0 saturated carbocycles. The molecule has 4 heteroatoms. The topological polar surface area (TPSA) is 55.1 Å². The largest absolute Gasteiger partial charge is 0.352 e. The van der Waals surface area contributed by atoms with Crippen LogP contribution < -0.4 is 11.1 Å². The number of rotatable bonds is 5. The van der Waals surface area contributed by atoms with E-state index in [1.165, 1.54) is 0 Å². The van der Waals surface area contributed by atoms with Crippen LogP contribution in [0, 0.1) is 0 Å². The molecule has 1 unspecified atom stereocenters. The highest BCUT2D eigenvalue weighted by atomic mass is 32.1. The van der Waals surface area contributed by atoms with Crippen LogP contribution in [-0.2, 0) is 11.3 Å². The smallest absolute Gasteiger partial charge is 0.221 e. The van der Waals surface area contributed by atoms with Crippen molar-refractivity contribution in [1.82, 2.24) is 5.32 Å². The average molecular weight is 212 g/mol. The van der Waals surface area contributed by atoms with Crippen LogP contribution >= 0.6 is 11.3 Å². The predicted octanol–water partition coefficient (Wildman–Crippen LogP) is 1.49. The number of thiophene rings is 1. The van der Waals surface area contributed by atoms with Crippen LogP contribution in [0.15, 0.2) is 16.8 Å². The first-order valence-corrected chi connectivity index (χ1v) is 5.70. The van der Waals surface area contributed by atoms with Gasteiger partial charge in [-0.1, -0.05) is 6.92 Å². The van der Waals surface area contributed by atoms with E-state index in [1.807, 2.05) is 23.8 Å². The van der Waals surface area contributed by atoms with Gasteiger partial charge in [0, 0.05) is 19.0 Å². The van der Waals surface area contributed by atoms with Gasteiger partial charge in [-0.2, -0.15) is 11.3 Å². The van der Waals surface area contributed by atoms with Crippen molar-refractivity contribution in [3.8, 4) is 0 Å². The van der Waals surface area contributed by atoms with E-state index in [1.54, 1.807) is 11.3 Å². The number of hydrogen-bond donors (Lipinski definition) is 2. The first kappa shape index (κ1) is 11.2. The molecular weight excluding hydrogens is 196 g/mol. The Bertz CT molecular complexity index is 272. The normalized spacial score (nSPS) is 12.4. The van der Waals surface area contributed by atoms with Crippen molar-refractivity contribution in [2.45, 2.75) is 32.4 Å². The summed E-state index contributed by atoms with van der Waals surface area (Å²) in [5.74, 6) is 0.0329. The Labute approximate surface area is 88.3 Å². The van der Waals surface area contributed by atoms with Gasteiger partial charge in [0.05, 0.1) is 0 Å². The van der Waals surface area contributed by atoms with Crippen LogP contribution in [0.2, 0.25) is 0 Å². The first-order valence-electron chi connectivity index (χ1n) is 4.75. The molecule has 0 aliphatic heterocycles. The van der Waals surface area contributed by atoms with Gasteiger partial charge in [-0.25, -0.2) is 0 Å². The minimum absolute atomic E-state index is 0.0162.